The Balaban J connectivity index is 1.96. The molecule has 4 heteroatoms. The summed E-state index contributed by atoms with van der Waals surface area (Å²) in [7, 11) is 0. The topological polar surface area (TPSA) is 32.3 Å². The summed E-state index contributed by atoms with van der Waals surface area (Å²) in [6.45, 7) is 2.25. The summed E-state index contributed by atoms with van der Waals surface area (Å²) in [5.74, 6) is -0.208. The molecule has 2 rings (SSSR count). The summed E-state index contributed by atoms with van der Waals surface area (Å²) >= 11 is 0. The fourth-order valence-electron chi connectivity index (χ4n) is 2.03. The van der Waals surface area contributed by atoms with Crippen LogP contribution < -0.4 is 5.32 Å². The molecular formula is C12H15FN2O. The fourth-order valence-corrected chi connectivity index (χ4v) is 2.03. The van der Waals surface area contributed by atoms with Crippen molar-refractivity contribution in [1.82, 2.24) is 10.2 Å². The molecule has 16 heavy (non-hydrogen) atoms. The minimum atomic E-state index is -0.208. The number of amides is 1. The zero-order valence-electron chi connectivity index (χ0n) is 9.03. The van der Waals surface area contributed by atoms with Gasteiger partial charge in [-0.1, -0.05) is 12.1 Å². The van der Waals surface area contributed by atoms with Gasteiger partial charge in [0.15, 0.2) is 0 Å². The molecule has 0 saturated carbocycles. The van der Waals surface area contributed by atoms with Crippen LogP contribution in [0.5, 0.6) is 0 Å². The number of nitrogens with zero attached hydrogens (tertiary/aromatic N) is 1. The van der Waals surface area contributed by atoms with Gasteiger partial charge in [0.05, 0.1) is 0 Å². The Morgan fingerprint density at radius 2 is 2.44 bits per heavy atom. The largest absolute Gasteiger partial charge is 0.342 e. The smallest absolute Gasteiger partial charge is 0.209 e. The van der Waals surface area contributed by atoms with Crippen molar-refractivity contribution in [3.05, 3.63) is 35.6 Å². The molecule has 0 aliphatic carbocycles. The molecule has 3 nitrogen and oxygen atoms in total. The lowest BCUT2D eigenvalue weighted by molar-refractivity contribution is -0.119. The van der Waals surface area contributed by atoms with Crippen LogP contribution in [0.2, 0.25) is 0 Å². The molecule has 1 saturated heterocycles. The van der Waals surface area contributed by atoms with Gasteiger partial charge in [0.1, 0.15) is 5.82 Å². The second-order valence-electron chi connectivity index (χ2n) is 4.09. The third-order valence-corrected chi connectivity index (χ3v) is 2.81. The second-order valence-corrected chi connectivity index (χ2v) is 4.09. The van der Waals surface area contributed by atoms with Crippen molar-refractivity contribution in [2.45, 2.75) is 12.5 Å². The molecule has 1 N–H and O–H groups in total. The molecule has 86 valence electrons. The van der Waals surface area contributed by atoms with Crippen molar-refractivity contribution in [1.29, 1.82) is 0 Å². The molecule has 1 aromatic carbocycles. The lowest BCUT2D eigenvalue weighted by Gasteiger charge is -2.31. The van der Waals surface area contributed by atoms with Gasteiger partial charge < -0.3 is 10.2 Å². The summed E-state index contributed by atoms with van der Waals surface area (Å²) in [5, 5.41) is 3.33. The number of piperazine rings is 1. The number of hydrogen-bond acceptors (Lipinski definition) is 2. The molecule has 1 heterocycles. The second kappa shape index (κ2) is 5.07. The van der Waals surface area contributed by atoms with Crippen LogP contribution in [0.3, 0.4) is 0 Å². The van der Waals surface area contributed by atoms with E-state index in [2.05, 4.69) is 5.32 Å². The van der Waals surface area contributed by atoms with Crippen LogP contribution in [0.1, 0.15) is 5.56 Å². The highest BCUT2D eigenvalue weighted by atomic mass is 19.1. The van der Waals surface area contributed by atoms with Crippen LogP contribution in [0, 0.1) is 5.82 Å². The molecule has 1 fully saturated rings. The van der Waals surface area contributed by atoms with Crippen LogP contribution in [-0.2, 0) is 11.2 Å². The van der Waals surface area contributed by atoms with Gasteiger partial charge in [-0.05, 0) is 24.1 Å². The number of nitrogens with one attached hydrogen (secondary N) is 1. The summed E-state index contributed by atoms with van der Waals surface area (Å²) in [6, 6.07) is 6.83. The van der Waals surface area contributed by atoms with Crippen LogP contribution in [0.4, 0.5) is 4.39 Å². The van der Waals surface area contributed by atoms with Crippen molar-refractivity contribution >= 4 is 6.41 Å². The highest BCUT2D eigenvalue weighted by Gasteiger charge is 2.18. The van der Waals surface area contributed by atoms with E-state index in [1.165, 1.54) is 6.07 Å². The zero-order valence-corrected chi connectivity index (χ0v) is 9.03. The lowest BCUT2D eigenvalue weighted by atomic mass is 10.0. The maximum atomic E-state index is 13.0. The normalized spacial score (nSPS) is 20.8. The Morgan fingerprint density at radius 1 is 1.56 bits per heavy atom. The van der Waals surface area contributed by atoms with Gasteiger partial charge >= 0.3 is 0 Å². The number of halogens is 1. The van der Waals surface area contributed by atoms with E-state index in [4.69, 9.17) is 0 Å². The first-order valence-corrected chi connectivity index (χ1v) is 5.45. The standard InChI is InChI=1S/C12H15FN2O/c13-11-3-1-2-10(6-11)7-12-8-15(9-16)5-4-14-12/h1-3,6,9,12,14H,4-5,7-8H2. The molecule has 0 bridgehead atoms. The molecule has 1 unspecified atom stereocenters. The number of carbonyl (C=O) groups excluding carboxylic acids is 1. The van der Waals surface area contributed by atoms with Crippen LogP contribution in [0.15, 0.2) is 24.3 Å². The summed E-state index contributed by atoms with van der Waals surface area (Å²) in [6.07, 6.45) is 1.63. The number of carbonyl (C=O) groups is 1. The maximum Gasteiger partial charge on any atom is 0.209 e. The van der Waals surface area contributed by atoms with E-state index in [9.17, 15) is 9.18 Å². The van der Waals surface area contributed by atoms with Gasteiger partial charge in [0.25, 0.3) is 0 Å². The van der Waals surface area contributed by atoms with Gasteiger partial charge in [0.2, 0.25) is 6.41 Å². The Kier molecular flexibility index (Phi) is 3.51. The van der Waals surface area contributed by atoms with Crippen molar-refractivity contribution in [2.24, 2.45) is 0 Å². The molecule has 1 atom stereocenters. The Hall–Kier alpha value is -1.42. The Bertz CT molecular complexity index is 370. The van der Waals surface area contributed by atoms with Gasteiger partial charge in [0, 0.05) is 25.7 Å². The van der Waals surface area contributed by atoms with E-state index >= 15 is 0 Å². The minimum absolute atomic E-state index is 0.208. The third-order valence-electron chi connectivity index (χ3n) is 2.81. The lowest BCUT2D eigenvalue weighted by Crippen LogP contribution is -2.50. The SMILES string of the molecule is O=CN1CCNC(Cc2cccc(F)c2)C1. The van der Waals surface area contributed by atoms with E-state index in [0.717, 1.165) is 31.5 Å². The van der Waals surface area contributed by atoms with E-state index in [-0.39, 0.29) is 11.9 Å². The van der Waals surface area contributed by atoms with E-state index in [1.54, 1.807) is 17.0 Å². The van der Waals surface area contributed by atoms with Crippen molar-refractivity contribution in [3.8, 4) is 0 Å². The summed E-state index contributed by atoms with van der Waals surface area (Å²) in [5.41, 5.74) is 0.963. The van der Waals surface area contributed by atoms with E-state index in [0.29, 0.717) is 6.54 Å². The fraction of sp³-hybridized carbons (Fsp3) is 0.417. The number of benzene rings is 1. The van der Waals surface area contributed by atoms with Gasteiger partial charge in [-0.3, -0.25) is 4.79 Å². The molecule has 0 radical (unpaired) electrons. The first-order chi connectivity index (χ1) is 7.78. The van der Waals surface area contributed by atoms with Crippen LogP contribution >= 0.6 is 0 Å². The predicted molar refractivity (Wildman–Crippen MR) is 59.5 cm³/mol. The summed E-state index contributed by atoms with van der Waals surface area (Å²) in [4.78, 5) is 12.4. The van der Waals surface area contributed by atoms with Gasteiger partial charge in [-0.2, -0.15) is 0 Å². The van der Waals surface area contributed by atoms with E-state index in [1.807, 2.05) is 6.07 Å². The van der Waals surface area contributed by atoms with Gasteiger partial charge in [-0.15, -0.1) is 0 Å². The van der Waals surface area contributed by atoms with Gasteiger partial charge in [-0.25, -0.2) is 4.39 Å². The van der Waals surface area contributed by atoms with Crippen LogP contribution in [0.25, 0.3) is 0 Å². The average molecular weight is 222 g/mol. The number of hydrogen-bond donors (Lipinski definition) is 1. The molecule has 1 aliphatic heterocycles. The first-order valence-electron chi connectivity index (χ1n) is 5.45. The van der Waals surface area contributed by atoms with Crippen molar-refractivity contribution < 1.29 is 9.18 Å². The van der Waals surface area contributed by atoms with Crippen molar-refractivity contribution in [3.63, 3.8) is 0 Å². The first kappa shape index (κ1) is 11.1. The Morgan fingerprint density at radius 3 is 3.19 bits per heavy atom. The van der Waals surface area contributed by atoms with Crippen molar-refractivity contribution in [2.75, 3.05) is 19.6 Å². The average Bonchev–Trinajstić information content (AvgIpc) is 2.29. The van der Waals surface area contributed by atoms with Crippen LogP contribution in [-0.4, -0.2) is 37.0 Å². The highest BCUT2D eigenvalue weighted by Crippen LogP contribution is 2.08. The monoisotopic (exact) mass is 222 g/mol. The minimum Gasteiger partial charge on any atom is -0.342 e. The number of rotatable bonds is 3. The maximum absolute atomic E-state index is 13.0. The van der Waals surface area contributed by atoms with E-state index < -0.39 is 0 Å². The molecular weight excluding hydrogens is 207 g/mol. The third kappa shape index (κ3) is 2.79. The predicted octanol–water partition coefficient (Wildman–Crippen LogP) is 0.798. The molecule has 0 spiro atoms. The molecule has 1 aromatic rings. The Labute approximate surface area is 94.3 Å². The molecule has 0 aromatic heterocycles. The molecule has 1 aliphatic rings. The molecule has 1 amide bonds. The quantitative estimate of drug-likeness (QED) is 0.767. The zero-order chi connectivity index (χ0) is 11.4. The summed E-state index contributed by atoms with van der Waals surface area (Å²) < 4.78 is 13.0. The highest BCUT2D eigenvalue weighted by molar-refractivity contribution is 5.47.